The quantitative estimate of drug-likeness (QED) is 0.363. The Kier molecular flexibility index (Phi) is 9.36. The molecule has 6 rings (SSSR count). The maximum atomic E-state index is 12.5. The number of hydrogen-bond donors (Lipinski definition) is 2. The smallest absolute Gasteiger partial charge is 0.870 e. The molecule has 2 aliphatic heterocycles. The van der Waals surface area contributed by atoms with Crippen LogP contribution in [-0.2, 0) is 26.2 Å². The number of nitrogens with zero attached hydrogens (tertiary/aromatic N) is 4. The second kappa shape index (κ2) is 11.9. The number of aryl methyl sites for hydroxylation is 6. The maximum absolute atomic E-state index is 12.5. The van der Waals surface area contributed by atoms with Crippen molar-refractivity contribution in [2.24, 2.45) is 0 Å². The van der Waals surface area contributed by atoms with Crippen LogP contribution in [0.25, 0.3) is 22.3 Å². The van der Waals surface area contributed by atoms with Gasteiger partial charge in [0.1, 0.15) is 11.1 Å². The molecule has 40 heavy (non-hydrogen) atoms. The van der Waals surface area contributed by atoms with Gasteiger partial charge in [0.15, 0.2) is 0 Å². The summed E-state index contributed by atoms with van der Waals surface area (Å²) in [5.74, 6) is 0.218. The molecule has 0 saturated heterocycles. The Morgan fingerprint density at radius 2 is 0.800 bits per heavy atom. The summed E-state index contributed by atoms with van der Waals surface area (Å²) >= 11 is 0. The first kappa shape index (κ1) is 31.5. The zero-order chi connectivity index (χ0) is 27.5. The molecule has 0 saturated carbocycles. The standard InChI is InChI=1S/2C15H18N2O2.Na.H2O/c2*1-9-7-10(2)12(11(3)8-9)13-14(18)16-5-4-6-17(16)15(13)19;;/h2*7-8,18H,4-6H2,1-3H3;;1H2/q;;+1;/p-1. The fraction of sp³-hybridized carbons (Fsp3) is 0.400. The van der Waals surface area contributed by atoms with Gasteiger partial charge in [0.25, 0.3) is 11.1 Å². The van der Waals surface area contributed by atoms with Crippen molar-refractivity contribution in [1.29, 1.82) is 0 Å². The Morgan fingerprint density at radius 3 is 1.07 bits per heavy atom. The molecule has 2 aromatic heterocycles. The van der Waals surface area contributed by atoms with E-state index in [0.29, 0.717) is 37.3 Å². The first-order chi connectivity index (χ1) is 18.0. The topological polar surface area (TPSA) is 124 Å². The first-order valence-corrected chi connectivity index (χ1v) is 13.2. The van der Waals surface area contributed by atoms with Crippen LogP contribution < -0.4 is 40.7 Å². The summed E-state index contributed by atoms with van der Waals surface area (Å²) < 4.78 is 6.67. The zero-order valence-corrected chi connectivity index (χ0v) is 26.5. The predicted octanol–water partition coefficient (Wildman–Crippen LogP) is 1.53. The number of aromatic hydroxyl groups is 2. The van der Waals surface area contributed by atoms with E-state index in [1.54, 1.807) is 18.7 Å². The molecule has 4 aromatic rings. The summed E-state index contributed by atoms with van der Waals surface area (Å²) in [7, 11) is 0. The van der Waals surface area contributed by atoms with Crippen molar-refractivity contribution >= 4 is 0 Å². The van der Waals surface area contributed by atoms with Gasteiger partial charge in [0.2, 0.25) is 11.8 Å². The molecule has 0 bridgehead atoms. The Balaban J connectivity index is 0.000000210. The van der Waals surface area contributed by atoms with E-state index in [0.717, 1.165) is 46.2 Å². The van der Waals surface area contributed by atoms with Gasteiger partial charge in [0.05, 0.1) is 0 Å². The van der Waals surface area contributed by atoms with Gasteiger partial charge in [-0.15, -0.1) is 0 Å². The fourth-order valence-corrected chi connectivity index (χ4v) is 6.38. The summed E-state index contributed by atoms with van der Waals surface area (Å²) in [6.45, 7) is 14.8. The van der Waals surface area contributed by atoms with Crippen molar-refractivity contribution in [2.75, 3.05) is 0 Å². The molecule has 0 aliphatic carbocycles. The summed E-state index contributed by atoms with van der Waals surface area (Å²) in [5, 5.41) is 20.7. The van der Waals surface area contributed by atoms with Crippen LogP contribution in [0.5, 0.6) is 11.8 Å². The molecule has 4 heterocycles. The molecule has 10 heteroatoms. The summed E-state index contributed by atoms with van der Waals surface area (Å²) in [6, 6.07) is 8.20. The van der Waals surface area contributed by atoms with E-state index in [9.17, 15) is 19.8 Å². The number of aromatic nitrogens is 4. The number of rotatable bonds is 2. The zero-order valence-electron chi connectivity index (χ0n) is 24.5. The first-order valence-electron chi connectivity index (χ1n) is 13.2. The minimum absolute atomic E-state index is 0. The van der Waals surface area contributed by atoms with Crippen molar-refractivity contribution in [1.82, 2.24) is 18.7 Å². The van der Waals surface area contributed by atoms with Crippen molar-refractivity contribution in [2.45, 2.75) is 80.6 Å². The van der Waals surface area contributed by atoms with Crippen LogP contribution in [-0.4, -0.2) is 34.4 Å². The SMILES string of the molecule is Cc1cc(C)c(-c2c(O)n3n(c2=O)CCC3)c(C)c1.Cc1cc(C)c(-c2c(O)n3n(c2=O)CCC3)c(C)c1.[Na+].[OH-]. The van der Waals surface area contributed by atoms with Gasteiger partial charge in [-0.2, -0.15) is 0 Å². The van der Waals surface area contributed by atoms with E-state index in [2.05, 4.69) is 24.3 Å². The van der Waals surface area contributed by atoms with E-state index < -0.39 is 0 Å². The van der Waals surface area contributed by atoms with Gasteiger partial charge >= 0.3 is 29.6 Å². The molecular weight excluding hydrogens is 519 g/mol. The van der Waals surface area contributed by atoms with E-state index in [4.69, 9.17) is 0 Å². The monoisotopic (exact) mass is 556 g/mol. The third kappa shape index (κ3) is 5.11. The average molecular weight is 557 g/mol. The molecule has 2 aromatic carbocycles. The molecule has 0 spiro atoms. The molecule has 0 atom stereocenters. The van der Waals surface area contributed by atoms with Crippen LogP contribution in [0.15, 0.2) is 33.9 Å². The van der Waals surface area contributed by atoms with Crippen molar-refractivity contribution in [3.05, 3.63) is 78.4 Å². The van der Waals surface area contributed by atoms with Gasteiger partial charge < -0.3 is 15.7 Å². The normalized spacial score (nSPS) is 13.2. The molecule has 0 radical (unpaired) electrons. The largest absolute Gasteiger partial charge is 1.00 e. The Bertz CT molecular complexity index is 1530. The van der Waals surface area contributed by atoms with Crippen molar-refractivity contribution < 1.29 is 45.2 Å². The molecule has 3 N–H and O–H groups in total. The van der Waals surface area contributed by atoms with Gasteiger partial charge in [-0.3, -0.25) is 19.0 Å². The van der Waals surface area contributed by atoms with Crippen LogP contribution in [0.2, 0.25) is 0 Å². The minimum Gasteiger partial charge on any atom is -0.870 e. The van der Waals surface area contributed by atoms with E-state index in [-0.39, 0.29) is 57.9 Å². The van der Waals surface area contributed by atoms with Crippen LogP contribution in [0.4, 0.5) is 0 Å². The minimum atomic E-state index is -0.0787. The average Bonchev–Trinajstić information content (AvgIpc) is 3.59. The second-order valence-corrected chi connectivity index (χ2v) is 10.8. The Morgan fingerprint density at radius 1 is 0.525 bits per heavy atom. The fourth-order valence-electron chi connectivity index (χ4n) is 6.38. The van der Waals surface area contributed by atoms with Crippen LogP contribution in [0.1, 0.15) is 46.2 Å². The molecule has 9 nitrogen and oxygen atoms in total. The third-order valence-electron chi connectivity index (χ3n) is 7.75. The molecule has 2 aliphatic rings. The van der Waals surface area contributed by atoms with Crippen LogP contribution in [0.3, 0.4) is 0 Å². The summed E-state index contributed by atoms with van der Waals surface area (Å²) in [5.41, 5.74) is 8.99. The Hall–Kier alpha value is -2.98. The van der Waals surface area contributed by atoms with Gasteiger partial charge in [-0.05, 0) is 87.8 Å². The number of benzene rings is 2. The Labute approximate surface area is 255 Å². The van der Waals surface area contributed by atoms with E-state index in [1.807, 2.05) is 41.5 Å². The van der Waals surface area contributed by atoms with Crippen LogP contribution in [0, 0.1) is 41.5 Å². The van der Waals surface area contributed by atoms with Crippen LogP contribution >= 0.6 is 0 Å². The molecule has 0 unspecified atom stereocenters. The number of hydrogen-bond acceptors (Lipinski definition) is 5. The van der Waals surface area contributed by atoms with Gasteiger partial charge in [-0.1, -0.05) is 35.4 Å². The third-order valence-corrected chi connectivity index (χ3v) is 7.75. The molecular formula is C30H37N4NaO5. The molecule has 0 fully saturated rings. The van der Waals surface area contributed by atoms with Gasteiger partial charge in [0, 0.05) is 26.2 Å². The summed E-state index contributed by atoms with van der Waals surface area (Å²) in [6.07, 6.45) is 1.82. The number of fused-ring (bicyclic) bond motifs is 2. The predicted molar refractivity (Wildman–Crippen MR) is 151 cm³/mol. The maximum Gasteiger partial charge on any atom is 1.00 e. The van der Waals surface area contributed by atoms with Gasteiger partial charge in [-0.25, -0.2) is 9.36 Å². The summed E-state index contributed by atoms with van der Waals surface area (Å²) in [4.78, 5) is 24.9. The van der Waals surface area contributed by atoms with Crippen molar-refractivity contribution in [3.8, 4) is 34.0 Å². The molecule has 208 valence electrons. The molecule has 0 amide bonds. The second-order valence-electron chi connectivity index (χ2n) is 10.8. The van der Waals surface area contributed by atoms with Crippen molar-refractivity contribution in [3.63, 3.8) is 0 Å². The van der Waals surface area contributed by atoms with E-state index in [1.165, 1.54) is 11.1 Å². The van der Waals surface area contributed by atoms with E-state index >= 15 is 0 Å².